The highest BCUT2D eigenvalue weighted by Gasteiger charge is 2.42. The molecule has 1 aromatic rings. The summed E-state index contributed by atoms with van der Waals surface area (Å²) in [6, 6.07) is 4.09. The molecule has 4 rings (SSSR count). The number of carbonyl (C=O) groups is 1. The number of fused-ring (bicyclic) bond motifs is 1. The van der Waals surface area contributed by atoms with Crippen molar-refractivity contribution in [3.63, 3.8) is 0 Å². The Kier molecular flexibility index (Phi) is 5.10. The monoisotopic (exact) mass is 348 g/mol. The molecular weight excluding hydrogens is 320 g/mol. The molecule has 1 amide bonds. The van der Waals surface area contributed by atoms with Gasteiger partial charge in [-0.25, -0.2) is 0 Å². The third kappa shape index (κ3) is 3.91. The van der Waals surface area contributed by atoms with Crippen LogP contribution in [-0.4, -0.2) is 67.8 Å². The van der Waals surface area contributed by atoms with Crippen LogP contribution in [0.2, 0.25) is 0 Å². The maximum atomic E-state index is 12.5. The Morgan fingerprint density at radius 1 is 1.24 bits per heavy atom. The average Bonchev–Trinajstić information content (AvgIpc) is 3.22. The van der Waals surface area contributed by atoms with E-state index in [-0.39, 0.29) is 12.0 Å². The lowest BCUT2D eigenvalue weighted by Gasteiger charge is -2.35. The third-order valence-corrected chi connectivity index (χ3v) is 5.79. The predicted octanol–water partition coefficient (Wildman–Crippen LogP) is 1.67. The van der Waals surface area contributed by atoms with Gasteiger partial charge < -0.3 is 18.8 Å². The summed E-state index contributed by atoms with van der Waals surface area (Å²) in [5.41, 5.74) is 0. The molecule has 0 radical (unpaired) electrons. The fourth-order valence-electron chi connectivity index (χ4n) is 4.42. The van der Waals surface area contributed by atoms with E-state index in [1.54, 1.807) is 0 Å². The van der Waals surface area contributed by atoms with Crippen LogP contribution in [-0.2, 0) is 20.8 Å². The number of amides is 1. The van der Waals surface area contributed by atoms with E-state index < -0.39 is 0 Å². The fourth-order valence-corrected chi connectivity index (χ4v) is 4.42. The topological polar surface area (TPSA) is 55.2 Å². The Morgan fingerprint density at radius 3 is 2.84 bits per heavy atom. The van der Waals surface area contributed by atoms with Crippen LogP contribution in [0.25, 0.3) is 0 Å². The average molecular weight is 348 g/mol. The Hall–Kier alpha value is -1.37. The molecule has 6 heteroatoms. The normalized spacial score (nSPS) is 30.4. The molecule has 3 aliphatic rings. The molecule has 3 saturated heterocycles. The number of rotatable bonds is 4. The Labute approximate surface area is 149 Å². The largest absolute Gasteiger partial charge is 0.465 e. The molecule has 0 unspecified atom stereocenters. The maximum Gasteiger partial charge on any atom is 0.225 e. The smallest absolute Gasteiger partial charge is 0.225 e. The highest BCUT2D eigenvalue weighted by atomic mass is 16.5. The molecule has 1 aromatic heterocycles. The third-order valence-electron chi connectivity index (χ3n) is 5.79. The van der Waals surface area contributed by atoms with Gasteiger partial charge in [0.05, 0.1) is 38.9 Å². The first-order valence-corrected chi connectivity index (χ1v) is 9.44. The van der Waals surface area contributed by atoms with Gasteiger partial charge in [-0.1, -0.05) is 0 Å². The molecule has 0 N–H and O–H groups in total. The minimum Gasteiger partial charge on any atom is -0.465 e. The number of morpholine rings is 1. The summed E-state index contributed by atoms with van der Waals surface area (Å²) in [5, 5.41) is 0. The number of hydrogen-bond acceptors (Lipinski definition) is 5. The van der Waals surface area contributed by atoms with Crippen molar-refractivity contribution in [2.24, 2.45) is 11.8 Å². The summed E-state index contributed by atoms with van der Waals surface area (Å²) in [6.45, 7) is 8.46. The number of ether oxygens (including phenoxy) is 2. The van der Waals surface area contributed by atoms with Crippen LogP contribution in [0.15, 0.2) is 16.5 Å². The number of piperidine rings is 1. The van der Waals surface area contributed by atoms with Crippen LogP contribution in [0.1, 0.15) is 24.4 Å². The first kappa shape index (κ1) is 17.1. The number of hydrogen-bond donors (Lipinski definition) is 0. The van der Waals surface area contributed by atoms with Crippen LogP contribution in [0, 0.1) is 18.8 Å². The molecule has 3 aliphatic heterocycles. The number of furan rings is 1. The van der Waals surface area contributed by atoms with Crippen LogP contribution < -0.4 is 0 Å². The zero-order valence-corrected chi connectivity index (χ0v) is 15.0. The van der Waals surface area contributed by atoms with E-state index in [4.69, 9.17) is 13.9 Å². The second kappa shape index (κ2) is 7.48. The van der Waals surface area contributed by atoms with Gasteiger partial charge in [-0.05, 0) is 37.9 Å². The van der Waals surface area contributed by atoms with Crippen molar-refractivity contribution in [2.75, 3.05) is 46.0 Å². The lowest BCUT2D eigenvalue weighted by molar-refractivity contribution is -0.138. The second-order valence-electron chi connectivity index (χ2n) is 7.53. The van der Waals surface area contributed by atoms with Gasteiger partial charge in [-0.15, -0.1) is 0 Å². The van der Waals surface area contributed by atoms with Crippen molar-refractivity contribution in [2.45, 2.75) is 32.4 Å². The molecule has 4 heterocycles. The van der Waals surface area contributed by atoms with E-state index in [0.29, 0.717) is 31.5 Å². The van der Waals surface area contributed by atoms with Crippen molar-refractivity contribution >= 4 is 5.91 Å². The van der Waals surface area contributed by atoms with Crippen molar-refractivity contribution in [1.29, 1.82) is 0 Å². The van der Waals surface area contributed by atoms with Crippen LogP contribution >= 0.6 is 0 Å². The quantitative estimate of drug-likeness (QED) is 0.829. The summed E-state index contributed by atoms with van der Waals surface area (Å²) in [4.78, 5) is 16.9. The zero-order valence-electron chi connectivity index (χ0n) is 15.0. The van der Waals surface area contributed by atoms with Crippen LogP contribution in [0.5, 0.6) is 0 Å². The Bertz CT molecular complexity index is 596. The summed E-state index contributed by atoms with van der Waals surface area (Å²) >= 11 is 0. The molecule has 25 heavy (non-hydrogen) atoms. The SMILES string of the molecule is Cc1ccc(CN2CC[C@@H]3[C@@H](CO[C@H]3CC(=O)N3CCOCC3)C2)o1. The minimum absolute atomic E-state index is 0.0911. The maximum absolute atomic E-state index is 12.5. The van der Waals surface area contributed by atoms with E-state index in [0.717, 1.165) is 57.3 Å². The highest BCUT2D eigenvalue weighted by molar-refractivity contribution is 5.76. The predicted molar refractivity (Wildman–Crippen MR) is 92.1 cm³/mol. The summed E-state index contributed by atoms with van der Waals surface area (Å²) in [5.74, 6) is 3.28. The van der Waals surface area contributed by atoms with Gasteiger partial charge in [0.15, 0.2) is 0 Å². The second-order valence-corrected chi connectivity index (χ2v) is 7.53. The number of carbonyl (C=O) groups excluding carboxylic acids is 1. The molecular formula is C19H28N2O4. The standard InChI is InChI=1S/C19H28N2O4/c1-14-2-3-16(25-14)12-20-5-4-17-15(11-20)13-24-18(17)10-19(22)21-6-8-23-9-7-21/h2-3,15,17-18H,4-13H2,1H3/t15-,17-,18+/m1/s1. The summed E-state index contributed by atoms with van der Waals surface area (Å²) in [6.07, 6.45) is 1.72. The van der Waals surface area contributed by atoms with Crippen LogP contribution in [0.3, 0.4) is 0 Å². The molecule has 0 spiro atoms. The van der Waals surface area contributed by atoms with E-state index in [1.807, 2.05) is 17.9 Å². The molecule has 6 nitrogen and oxygen atoms in total. The fraction of sp³-hybridized carbons (Fsp3) is 0.737. The van der Waals surface area contributed by atoms with Crippen molar-refractivity contribution in [1.82, 2.24) is 9.80 Å². The van der Waals surface area contributed by atoms with Gasteiger partial charge in [0, 0.05) is 25.6 Å². The minimum atomic E-state index is 0.0911. The van der Waals surface area contributed by atoms with E-state index in [9.17, 15) is 4.79 Å². The highest BCUT2D eigenvalue weighted by Crippen LogP contribution is 2.36. The number of aryl methyl sites for hydroxylation is 1. The van der Waals surface area contributed by atoms with Crippen molar-refractivity contribution < 1.29 is 18.7 Å². The zero-order chi connectivity index (χ0) is 17.2. The molecule has 3 atom stereocenters. The van der Waals surface area contributed by atoms with Gasteiger partial charge in [0.2, 0.25) is 5.91 Å². The Morgan fingerprint density at radius 2 is 2.08 bits per heavy atom. The van der Waals surface area contributed by atoms with Gasteiger partial charge in [-0.3, -0.25) is 9.69 Å². The summed E-state index contributed by atoms with van der Waals surface area (Å²) in [7, 11) is 0. The van der Waals surface area contributed by atoms with E-state index in [1.165, 1.54) is 0 Å². The first-order chi connectivity index (χ1) is 12.2. The van der Waals surface area contributed by atoms with Crippen LogP contribution in [0.4, 0.5) is 0 Å². The van der Waals surface area contributed by atoms with Gasteiger partial charge in [0.1, 0.15) is 11.5 Å². The molecule has 0 bridgehead atoms. The molecule has 0 saturated carbocycles. The number of likely N-dealkylation sites (tertiary alicyclic amines) is 1. The van der Waals surface area contributed by atoms with Gasteiger partial charge in [-0.2, -0.15) is 0 Å². The Balaban J connectivity index is 1.29. The van der Waals surface area contributed by atoms with Crippen molar-refractivity contribution in [3.05, 3.63) is 23.7 Å². The molecule has 0 aliphatic carbocycles. The molecule has 0 aromatic carbocycles. The lowest BCUT2D eigenvalue weighted by atomic mass is 9.83. The van der Waals surface area contributed by atoms with Gasteiger partial charge in [0.25, 0.3) is 0 Å². The lowest BCUT2D eigenvalue weighted by Crippen LogP contribution is -2.44. The summed E-state index contributed by atoms with van der Waals surface area (Å²) < 4.78 is 17.1. The molecule has 3 fully saturated rings. The van der Waals surface area contributed by atoms with Crippen molar-refractivity contribution in [3.8, 4) is 0 Å². The van der Waals surface area contributed by atoms with E-state index in [2.05, 4.69) is 11.0 Å². The first-order valence-electron chi connectivity index (χ1n) is 9.44. The van der Waals surface area contributed by atoms with E-state index >= 15 is 0 Å². The van der Waals surface area contributed by atoms with Gasteiger partial charge >= 0.3 is 0 Å². The number of nitrogens with zero attached hydrogens (tertiary/aromatic N) is 2. The molecule has 138 valence electrons.